The number of hydrogen-bond acceptors (Lipinski definition) is 5. The number of nitrogens with zero attached hydrogens (tertiary/aromatic N) is 1. The molecule has 0 aromatic carbocycles. The topological polar surface area (TPSA) is 71.7 Å². The molecule has 1 rings (SSSR count). The normalized spacial score (nSPS) is 18.1. The molecule has 1 atom stereocenters. The van der Waals surface area contributed by atoms with Gasteiger partial charge in [-0.25, -0.2) is 0 Å². The number of rotatable bonds is 9. The fourth-order valence-corrected chi connectivity index (χ4v) is 1.75. The Kier molecular flexibility index (Phi) is 7.93. The Labute approximate surface area is 102 Å². The van der Waals surface area contributed by atoms with Gasteiger partial charge in [0.15, 0.2) is 6.29 Å². The maximum atomic E-state index is 8.69. The Morgan fingerprint density at radius 1 is 1.35 bits per heavy atom. The van der Waals surface area contributed by atoms with Gasteiger partial charge in [-0.15, -0.1) is 0 Å². The predicted octanol–water partition coefficient (Wildman–Crippen LogP) is 1.21. The van der Waals surface area contributed by atoms with Crippen LogP contribution < -0.4 is 0 Å². The van der Waals surface area contributed by atoms with E-state index in [9.17, 15) is 0 Å². The molecule has 5 heteroatoms. The largest absolute Gasteiger partial charge is 0.396 e. The first-order valence-electron chi connectivity index (χ1n) is 6.19. The van der Waals surface area contributed by atoms with Crippen LogP contribution in [0.15, 0.2) is 0 Å². The van der Waals surface area contributed by atoms with Crippen LogP contribution in [0.2, 0.25) is 0 Å². The van der Waals surface area contributed by atoms with Crippen LogP contribution in [0.4, 0.5) is 0 Å². The first-order valence-corrected chi connectivity index (χ1v) is 6.19. The van der Waals surface area contributed by atoms with Crippen LogP contribution in [0.25, 0.3) is 0 Å². The summed E-state index contributed by atoms with van der Waals surface area (Å²) in [7, 11) is 0. The van der Waals surface area contributed by atoms with Crippen molar-refractivity contribution in [3.63, 3.8) is 0 Å². The molecule has 0 aliphatic carbocycles. The minimum atomic E-state index is -0.110. The molecule has 0 aromatic heterocycles. The monoisotopic (exact) mass is 243 g/mol. The zero-order valence-corrected chi connectivity index (χ0v) is 10.1. The summed E-state index contributed by atoms with van der Waals surface area (Å²) < 4.78 is 16.3. The summed E-state index contributed by atoms with van der Waals surface area (Å²) in [4.78, 5) is 0. The Balaban J connectivity index is 2.16. The van der Waals surface area contributed by atoms with Crippen LogP contribution >= 0.6 is 0 Å². The van der Waals surface area contributed by atoms with Crippen LogP contribution in [0.3, 0.4) is 0 Å². The number of aliphatic hydroxyl groups is 1. The predicted molar refractivity (Wildman–Crippen MR) is 61.2 cm³/mol. The van der Waals surface area contributed by atoms with E-state index < -0.39 is 0 Å². The molecule has 0 radical (unpaired) electrons. The van der Waals surface area contributed by atoms with Gasteiger partial charge in [0.25, 0.3) is 0 Å². The van der Waals surface area contributed by atoms with Crippen LogP contribution in [-0.2, 0) is 14.2 Å². The molecule has 1 N–H and O–H groups in total. The fraction of sp³-hybridized carbons (Fsp3) is 0.917. The van der Waals surface area contributed by atoms with E-state index >= 15 is 0 Å². The Morgan fingerprint density at radius 3 is 2.76 bits per heavy atom. The van der Waals surface area contributed by atoms with E-state index in [1.54, 1.807) is 0 Å². The van der Waals surface area contributed by atoms with Gasteiger partial charge in [-0.05, 0) is 19.3 Å². The minimum absolute atomic E-state index is 0.0639. The number of hydrogen-bond donors (Lipinski definition) is 1. The van der Waals surface area contributed by atoms with E-state index in [4.69, 9.17) is 24.6 Å². The summed E-state index contributed by atoms with van der Waals surface area (Å²) in [6.45, 7) is 2.01. The van der Waals surface area contributed by atoms with E-state index in [0.29, 0.717) is 32.7 Å². The van der Waals surface area contributed by atoms with Gasteiger partial charge >= 0.3 is 0 Å². The molecular weight excluding hydrogens is 222 g/mol. The van der Waals surface area contributed by atoms with E-state index in [0.717, 1.165) is 19.3 Å². The molecule has 1 aliphatic heterocycles. The summed E-state index contributed by atoms with van der Waals surface area (Å²) in [5.41, 5.74) is 0. The molecule has 98 valence electrons. The summed E-state index contributed by atoms with van der Waals surface area (Å²) in [6.07, 6.45) is 3.45. The zero-order valence-electron chi connectivity index (χ0n) is 10.1. The number of ether oxygens (including phenoxy) is 3. The van der Waals surface area contributed by atoms with Gasteiger partial charge in [0, 0.05) is 26.1 Å². The smallest absolute Gasteiger partial charge is 0.157 e. The van der Waals surface area contributed by atoms with Gasteiger partial charge < -0.3 is 19.3 Å². The van der Waals surface area contributed by atoms with Crippen molar-refractivity contribution in [2.24, 2.45) is 0 Å². The number of nitriles is 1. The third-order valence-electron chi connectivity index (χ3n) is 2.65. The quantitative estimate of drug-likeness (QED) is 0.616. The lowest BCUT2D eigenvalue weighted by Gasteiger charge is -2.18. The van der Waals surface area contributed by atoms with Gasteiger partial charge in [0.1, 0.15) is 0 Å². The average molecular weight is 243 g/mol. The molecule has 0 amide bonds. The van der Waals surface area contributed by atoms with Gasteiger partial charge in [0.2, 0.25) is 0 Å². The second kappa shape index (κ2) is 9.37. The van der Waals surface area contributed by atoms with Crippen molar-refractivity contribution in [3.05, 3.63) is 0 Å². The molecule has 1 saturated heterocycles. The molecular formula is C12H21NO4. The molecule has 1 unspecified atom stereocenters. The lowest BCUT2D eigenvalue weighted by molar-refractivity contribution is -0.0604. The highest BCUT2D eigenvalue weighted by Crippen LogP contribution is 2.16. The van der Waals surface area contributed by atoms with E-state index in [2.05, 4.69) is 6.07 Å². The van der Waals surface area contributed by atoms with Gasteiger partial charge in [-0.3, -0.25) is 0 Å². The highest BCUT2D eigenvalue weighted by Gasteiger charge is 2.18. The Morgan fingerprint density at radius 2 is 2.12 bits per heavy atom. The summed E-state index contributed by atoms with van der Waals surface area (Å²) >= 11 is 0. The molecule has 17 heavy (non-hydrogen) atoms. The van der Waals surface area contributed by atoms with Crippen molar-refractivity contribution >= 4 is 0 Å². The molecule has 1 fully saturated rings. The van der Waals surface area contributed by atoms with Crippen molar-refractivity contribution < 1.29 is 19.3 Å². The SMILES string of the molecule is N#CCCC(CCC1OCCO1)OCCCO. The van der Waals surface area contributed by atoms with Crippen LogP contribution in [0, 0.1) is 11.3 Å². The molecule has 0 aromatic rings. The van der Waals surface area contributed by atoms with Crippen LogP contribution in [0.1, 0.15) is 32.1 Å². The lowest BCUT2D eigenvalue weighted by atomic mass is 10.1. The van der Waals surface area contributed by atoms with E-state index in [1.807, 2.05) is 0 Å². The standard InChI is InChI=1S/C12H21NO4/c13-6-1-3-11(15-8-2-7-14)4-5-12-16-9-10-17-12/h11-12,14H,1-5,7-10H2. The molecule has 1 heterocycles. The third kappa shape index (κ3) is 6.59. The minimum Gasteiger partial charge on any atom is -0.396 e. The fourth-order valence-electron chi connectivity index (χ4n) is 1.75. The Hall–Kier alpha value is -0.670. The number of aliphatic hydroxyl groups excluding tert-OH is 1. The van der Waals surface area contributed by atoms with E-state index in [-0.39, 0.29) is 19.0 Å². The van der Waals surface area contributed by atoms with E-state index in [1.165, 1.54) is 0 Å². The van der Waals surface area contributed by atoms with Crippen molar-refractivity contribution in [3.8, 4) is 6.07 Å². The summed E-state index contributed by atoms with van der Waals surface area (Å²) in [6, 6.07) is 2.12. The maximum Gasteiger partial charge on any atom is 0.157 e. The van der Waals surface area contributed by atoms with Crippen molar-refractivity contribution in [2.75, 3.05) is 26.4 Å². The summed E-state index contributed by atoms with van der Waals surface area (Å²) in [5, 5.41) is 17.3. The highest BCUT2D eigenvalue weighted by atomic mass is 16.7. The molecule has 5 nitrogen and oxygen atoms in total. The van der Waals surface area contributed by atoms with Crippen molar-refractivity contribution in [1.82, 2.24) is 0 Å². The van der Waals surface area contributed by atoms with Gasteiger partial charge in [-0.1, -0.05) is 0 Å². The van der Waals surface area contributed by atoms with Gasteiger partial charge in [0.05, 0.1) is 25.4 Å². The van der Waals surface area contributed by atoms with Crippen LogP contribution in [-0.4, -0.2) is 43.9 Å². The molecule has 0 bridgehead atoms. The summed E-state index contributed by atoms with van der Waals surface area (Å²) in [5.74, 6) is 0. The Bertz CT molecular complexity index is 223. The van der Waals surface area contributed by atoms with Crippen molar-refractivity contribution in [2.45, 2.75) is 44.5 Å². The average Bonchev–Trinajstić information content (AvgIpc) is 2.85. The van der Waals surface area contributed by atoms with Crippen molar-refractivity contribution in [1.29, 1.82) is 5.26 Å². The second-order valence-electron chi connectivity index (χ2n) is 4.02. The molecule has 1 aliphatic rings. The first-order chi connectivity index (χ1) is 8.36. The maximum absolute atomic E-state index is 8.69. The molecule has 0 spiro atoms. The molecule has 0 saturated carbocycles. The third-order valence-corrected chi connectivity index (χ3v) is 2.65. The van der Waals surface area contributed by atoms with Gasteiger partial charge in [-0.2, -0.15) is 5.26 Å². The highest BCUT2D eigenvalue weighted by molar-refractivity contribution is 4.73. The second-order valence-corrected chi connectivity index (χ2v) is 4.02. The van der Waals surface area contributed by atoms with Crippen LogP contribution in [0.5, 0.6) is 0 Å². The zero-order chi connectivity index (χ0) is 12.3. The first kappa shape index (κ1) is 14.4. The lowest BCUT2D eigenvalue weighted by Crippen LogP contribution is -2.18.